The van der Waals surface area contributed by atoms with Crippen LogP contribution in [-0.2, 0) is 11.2 Å². The highest BCUT2D eigenvalue weighted by atomic mass is 32.1. The van der Waals surface area contributed by atoms with Crippen LogP contribution in [0.15, 0.2) is 46.6 Å². The van der Waals surface area contributed by atoms with Gasteiger partial charge in [-0.05, 0) is 48.4 Å². The highest BCUT2D eigenvalue weighted by Gasteiger charge is 2.25. The number of ether oxygens (including phenoxy) is 1. The number of carbonyl (C=O) groups is 1. The number of likely N-dealkylation sites (tertiary alicyclic amines) is 1. The number of para-hydroxylation sites is 1. The maximum atomic E-state index is 13.6. The molecule has 7 nitrogen and oxygen atoms in total. The van der Waals surface area contributed by atoms with Crippen molar-refractivity contribution in [3.63, 3.8) is 0 Å². The summed E-state index contributed by atoms with van der Waals surface area (Å²) in [6, 6.07) is 9.84. The Hall–Kier alpha value is -2.94. The molecule has 1 N–H and O–H groups in total. The van der Waals surface area contributed by atoms with E-state index in [1.54, 1.807) is 21.6 Å². The highest BCUT2D eigenvalue weighted by molar-refractivity contribution is 7.12. The molecule has 1 aromatic carbocycles. The van der Waals surface area contributed by atoms with Crippen LogP contribution in [0, 0.1) is 11.7 Å². The van der Waals surface area contributed by atoms with Gasteiger partial charge in [0.25, 0.3) is 5.91 Å². The molecule has 0 radical (unpaired) electrons. The first-order valence-electron chi connectivity index (χ1n) is 9.47. The van der Waals surface area contributed by atoms with E-state index in [9.17, 15) is 14.0 Å². The Kier molecular flexibility index (Phi) is 5.75. The molecule has 0 aliphatic carbocycles. The Balaban J connectivity index is 1.31. The van der Waals surface area contributed by atoms with Gasteiger partial charge in [-0.15, -0.1) is 11.3 Å². The van der Waals surface area contributed by atoms with Gasteiger partial charge in [0.15, 0.2) is 18.2 Å². The average molecular weight is 416 g/mol. The SMILES string of the molecule is O=C(COc1ccccc1F)N1CCC(Cc2n[nH]c(=O)n2-c2cccs2)CC1. The summed E-state index contributed by atoms with van der Waals surface area (Å²) in [7, 11) is 0. The summed E-state index contributed by atoms with van der Waals surface area (Å²) in [5.41, 5.74) is -0.236. The summed E-state index contributed by atoms with van der Waals surface area (Å²) in [6.07, 6.45) is 2.30. The first-order valence-corrected chi connectivity index (χ1v) is 10.3. The second-order valence-corrected chi connectivity index (χ2v) is 7.91. The van der Waals surface area contributed by atoms with Crippen molar-refractivity contribution in [1.29, 1.82) is 0 Å². The molecule has 1 aliphatic heterocycles. The molecule has 3 heterocycles. The minimum Gasteiger partial charge on any atom is -0.481 e. The van der Waals surface area contributed by atoms with Gasteiger partial charge >= 0.3 is 5.69 Å². The molecule has 0 spiro atoms. The molecule has 29 heavy (non-hydrogen) atoms. The molecule has 2 aromatic heterocycles. The van der Waals surface area contributed by atoms with Gasteiger partial charge in [0.2, 0.25) is 0 Å². The van der Waals surface area contributed by atoms with Crippen LogP contribution in [0.2, 0.25) is 0 Å². The first kappa shape index (κ1) is 19.4. The van der Waals surface area contributed by atoms with Crippen molar-refractivity contribution < 1.29 is 13.9 Å². The van der Waals surface area contributed by atoms with Crippen molar-refractivity contribution in [2.24, 2.45) is 5.92 Å². The smallest absolute Gasteiger partial charge is 0.348 e. The largest absolute Gasteiger partial charge is 0.481 e. The third-order valence-corrected chi connectivity index (χ3v) is 5.95. The van der Waals surface area contributed by atoms with Gasteiger partial charge in [0, 0.05) is 19.5 Å². The van der Waals surface area contributed by atoms with E-state index in [4.69, 9.17) is 4.74 Å². The average Bonchev–Trinajstić information content (AvgIpc) is 3.37. The van der Waals surface area contributed by atoms with E-state index in [1.165, 1.54) is 23.5 Å². The Bertz CT molecular complexity index is 1020. The molecule has 152 valence electrons. The molecule has 1 saturated heterocycles. The van der Waals surface area contributed by atoms with Gasteiger partial charge in [-0.25, -0.2) is 18.9 Å². The van der Waals surface area contributed by atoms with E-state index in [0.717, 1.165) is 17.8 Å². The maximum absolute atomic E-state index is 13.6. The van der Waals surface area contributed by atoms with Crippen molar-refractivity contribution >= 4 is 17.2 Å². The number of hydrogen-bond donors (Lipinski definition) is 1. The Labute approximate surface area is 170 Å². The van der Waals surface area contributed by atoms with E-state index >= 15 is 0 Å². The molecule has 0 saturated carbocycles. The van der Waals surface area contributed by atoms with E-state index in [-0.39, 0.29) is 24.0 Å². The number of thiophene rings is 1. The number of benzene rings is 1. The van der Waals surface area contributed by atoms with Gasteiger partial charge < -0.3 is 9.64 Å². The van der Waals surface area contributed by atoms with Crippen LogP contribution in [0.4, 0.5) is 4.39 Å². The number of nitrogens with zero attached hydrogens (tertiary/aromatic N) is 3. The molecule has 4 rings (SSSR count). The predicted molar refractivity (Wildman–Crippen MR) is 107 cm³/mol. The quantitative estimate of drug-likeness (QED) is 0.670. The van der Waals surface area contributed by atoms with Gasteiger partial charge in [-0.2, -0.15) is 5.10 Å². The van der Waals surface area contributed by atoms with Crippen LogP contribution in [0.5, 0.6) is 5.75 Å². The van der Waals surface area contributed by atoms with Crippen LogP contribution in [0.1, 0.15) is 18.7 Å². The van der Waals surface area contributed by atoms with Crippen molar-refractivity contribution in [2.75, 3.05) is 19.7 Å². The van der Waals surface area contributed by atoms with Crippen molar-refractivity contribution in [3.8, 4) is 10.8 Å². The second-order valence-electron chi connectivity index (χ2n) is 6.98. The molecule has 1 fully saturated rings. The monoisotopic (exact) mass is 416 g/mol. The van der Waals surface area contributed by atoms with E-state index < -0.39 is 5.82 Å². The predicted octanol–water partition coefficient (Wildman–Crippen LogP) is 2.62. The normalized spacial score (nSPS) is 14.9. The molecule has 9 heteroatoms. The second kappa shape index (κ2) is 8.60. The zero-order chi connectivity index (χ0) is 20.2. The first-order chi connectivity index (χ1) is 14.1. The molecular formula is C20H21FN4O3S. The third kappa shape index (κ3) is 4.40. The Morgan fingerprint density at radius 3 is 2.76 bits per heavy atom. The number of piperidine rings is 1. The molecule has 0 atom stereocenters. The lowest BCUT2D eigenvalue weighted by atomic mass is 9.93. The fourth-order valence-corrected chi connectivity index (χ4v) is 4.28. The third-order valence-electron chi connectivity index (χ3n) is 5.09. The number of rotatable bonds is 6. The highest BCUT2D eigenvalue weighted by Crippen LogP contribution is 2.23. The number of aromatic amines is 1. The Morgan fingerprint density at radius 1 is 1.24 bits per heavy atom. The van der Waals surface area contributed by atoms with Crippen molar-refractivity contribution in [1.82, 2.24) is 19.7 Å². The lowest BCUT2D eigenvalue weighted by Gasteiger charge is -2.31. The molecule has 1 aliphatic rings. The number of aromatic nitrogens is 3. The molecule has 1 amide bonds. The number of carbonyl (C=O) groups excluding carboxylic acids is 1. The van der Waals surface area contributed by atoms with Crippen molar-refractivity contribution in [2.45, 2.75) is 19.3 Å². The topological polar surface area (TPSA) is 80.2 Å². The van der Waals surface area contributed by atoms with E-state index in [2.05, 4.69) is 10.2 Å². The summed E-state index contributed by atoms with van der Waals surface area (Å²) in [4.78, 5) is 26.2. The summed E-state index contributed by atoms with van der Waals surface area (Å²) < 4.78 is 20.5. The number of H-pyrrole nitrogens is 1. The van der Waals surface area contributed by atoms with Gasteiger partial charge in [-0.3, -0.25) is 4.79 Å². The lowest BCUT2D eigenvalue weighted by molar-refractivity contribution is -0.134. The van der Waals surface area contributed by atoms with Crippen LogP contribution in [0.25, 0.3) is 5.00 Å². The fourth-order valence-electron chi connectivity index (χ4n) is 3.53. The van der Waals surface area contributed by atoms with Crippen LogP contribution < -0.4 is 10.4 Å². The fraction of sp³-hybridized carbons (Fsp3) is 0.350. The number of nitrogens with one attached hydrogen (secondary N) is 1. The summed E-state index contributed by atoms with van der Waals surface area (Å²) >= 11 is 1.49. The standard InChI is InChI=1S/C20H21FN4O3S/c21-15-4-1-2-5-16(15)28-13-18(26)24-9-7-14(8-10-24)12-17-22-23-20(27)25(17)19-6-3-11-29-19/h1-6,11,14H,7-10,12-13H2,(H,23,27). The van der Waals surface area contributed by atoms with Gasteiger partial charge in [-0.1, -0.05) is 12.1 Å². The Morgan fingerprint density at radius 2 is 2.03 bits per heavy atom. The summed E-state index contributed by atoms with van der Waals surface area (Å²) in [5, 5.41) is 9.49. The van der Waals surface area contributed by atoms with E-state index in [0.29, 0.717) is 31.3 Å². The molecule has 0 unspecified atom stereocenters. The lowest BCUT2D eigenvalue weighted by Crippen LogP contribution is -2.41. The van der Waals surface area contributed by atoms with Crippen molar-refractivity contribution in [3.05, 3.63) is 63.9 Å². The summed E-state index contributed by atoms with van der Waals surface area (Å²) in [5.74, 6) is 0.503. The van der Waals surface area contributed by atoms with Crippen LogP contribution in [0.3, 0.4) is 0 Å². The maximum Gasteiger partial charge on any atom is 0.348 e. The zero-order valence-electron chi connectivity index (χ0n) is 15.7. The minimum atomic E-state index is -0.477. The molecular weight excluding hydrogens is 395 g/mol. The zero-order valence-corrected chi connectivity index (χ0v) is 16.5. The number of amides is 1. The van der Waals surface area contributed by atoms with E-state index in [1.807, 2.05) is 17.5 Å². The molecule has 0 bridgehead atoms. The molecule has 3 aromatic rings. The van der Waals surface area contributed by atoms with Crippen LogP contribution in [-0.4, -0.2) is 45.3 Å². The number of hydrogen-bond acceptors (Lipinski definition) is 5. The van der Waals surface area contributed by atoms with Gasteiger partial charge in [0.1, 0.15) is 10.8 Å². The van der Waals surface area contributed by atoms with Crippen LogP contribution >= 0.6 is 11.3 Å². The minimum absolute atomic E-state index is 0.0841. The summed E-state index contributed by atoms with van der Waals surface area (Å²) in [6.45, 7) is 1.04. The number of halogens is 1. The van der Waals surface area contributed by atoms with Gasteiger partial charge in [0.05, 0.1) is 0 Å².